The first-order chi connectivity index (χ1) is 13.0. The van der Waals surface area contributed by atoms with E-state index in [2.05, 4.69) is 15.7 Å². The molecule has 138 valence electrons. The summed E-state index contributed by atoms with van der Waals surface area (Å²) in [4.78, 5) is 23.7. The highest BCUT2D eigenvalue weighted by Crippen LogP contribution is 2.26. The molecule has 0 unspecified atom stereocenters. The van der Waals surface area contributed by atoms with E-state index in [0.29, 0.717) is 16.4 Å². The van der Waals surface area contributed by atoms with E-state index in [9.17, 15) is 9.59 Å². The summed E-state index contributed by atoms with van der Waals surface area (Å²) in [5.74, 6) is 0.110. The largest absolute Gasteiger partial charge is 0.497 e. The van der Waals surface area contributed by atoms with Gasteiger partial charge < -0.3 is 15.4 Å². The normalized spacial score (nSPS) is 10.3. The van der Waals surface area contributed by atoms with Crippen LogP contribution in [0.3, 0.4) is 0 Å². The zero-order chi connectivity index (χ0) is 19.4. The molecule has 0 radical (unpaired) electrons. The first-order valence-corrected chi connectivity index (χ1v) is 8.42. The predicted molar refractivity (Wildman–Crippen MR) is 104 cm³/mol. The van der Waals surface area contributed by atoms with Crippen molar-refractivity contribution in [3.05, 3.63) is 65.4 Å². The standard InChI is InChI=1S/C19H17ClN4O3/c1-12(25)21-18-11-13(3-8-16(18)20)22-19(26)17-9-10-24(23-17)14-4-6-15(27-2)7-5-14/h3-11H,1-2H3,(H,21,25)(H,22,26). The first-order valence-electron chi connectivity index (χ1n) is 8.05. The molecule has 1 heterocycles. The molecule has 3 aromatic rings. The van der Waals surface area contributed by atoms with E-state index in [4.69, 9.17) is 16.3 Å². The second-order valence-corrected chi connectivity index (χ2v) is 6.08. The number of amides is 2. The second kappa shape index (κ2) is 7.92. The summed E-state index contributed by atoms with van der Waals surface area (Å²) in [7, 11) is 1.60. The lowest BCUT2D eigenvalue weighted by atomic mass is 10.2. The van der Waals surface area contributed by atoms with Gasteiger partial charge in [0.1, 0.15) is 5.75 Å². The van der Waals surface area contributed by atoms with Crippen LogP contribution in [0, 0.1) is 0 Å². The maximum absolute atomic E-state index is 12.5. The van der Waals surface area contributed by atoms with Crippen molar-refractivity contribution < 1.29 is 14.3 Å². The molecule has 3 rings (SSSR count). The quantitative estimate of drug-likeness (QED) is 0.701. The van der Waals surface area contributed by atoms with Gasteiger partial charge in [-0.1, -0.05) is 11.6 Å². The molecule has 0 spiro atoms. The van der Waals surface area contributed by atoms with Gasteiger partial charge in [-0.2, -0.15) is 5.10 Å². The molecule has 0 atom stereocenters. The van der Waals surface area contributed by atoms with Gasteiger partial charge in [0, 0.05) is 18.8 Å². The van der Waals surface area contributed by atoms with E-state index < -0.39 is 0 Å². The number of carbonyl (C=O) groups is 2. The summed E-state index contributed by atoms with van der Waals surface area (Å²) in [5.41, 5.74) is 1.97. The summed E-state index contributed by atoms with van der Waals surface area (Å²) < 4.78 is 6.72. The number of ether oxygens (including phenoxy) is 1. The zero-order valence-electron chi connectivity index (χ0n) is 14.7. The fourth-order valence-corrected chi connectivity index (χ4v) is 2.57. The van der Waals surface area contributed by atoms with E-state index in [1.54, 1.807) is 42.3 Å². The van der Waals surface area contributed by atoms with Crippen LogP contribution in [0.15, 0.2) is 54.7 Å². The molecule has 27 heavy (non-hydrogen) atoms. The van der Waals surface area contributed by atoms with Crippen molar-refractivity contribution in [1.82, 2.24) is 9.78 Å². The molecule has 0 saturated carbocycles. The molecule has 2 amide bonds. The highest BCUT2D eigenvalue weighted by atomic mass is 35.5. The van der Waals surface area contributed by atoms with Crippen LogP contribution in [0.2, 0.25) is 5.02 Å². The molecule has 2 N–H and O–H groups in total. The van der Waals surface area contributed by atoms with Gasteiger partial charge in [-0.15, -0.1) is 0 Å². The van der Waals surface area contributed by atoms with Crippen LogP contribution in [0.1, 0.15) is 17.4 Å². The minimum Gasteiger partial charge on any atom is -0.497 e. The number of nitrogens with one attached hydrogen (secondary N) is 2. The number of hydrogen-bond donors (Lipinski definition) is 2. The predicted octanol–water partition coefficient (Wildman–Crippen LogP) is 3.75. The van der Waals surface area contributed by atoms with E-state index in [-0.39, 0.29) is 17.5 Å². The lowest BCUT2D eigenvalue weighted by molar-refractivity contribution is -0.114. The van der Waals surface area contributed by atoms with Crippen LogP contribution < -0.4 is 15.4 Å². The van der Waals surface area contributed by atoms with Gasteiger partial charge in [-0.3, -0.25) is 9.59 Å². The Balaban J connectivity index is 1.75. The van der Waals surface area contributed by atoms with Gasteiger partial charge in [0.25, 0.3) is 5.91 Å². The fraction of sp³-hybridized carbons (Fsp3) is 0.105. The lowest BCUT2D eigenvalue weighted by Crippen LogP contribution is -2.14. The Hall–Kier alpha value is -3.32. The Morgan fingerprint density at radius 3 is 2.48 bits per heavy atom. The zero-order valence-corrected chi connectivity index (χ0v) is 15.4. The molecule has 0 fully saturated rings. The Bertz CT molecular complexity index is 983. The SMILES string of the molecule is COc1ccc(-n2ccc(C(=O)Nc3ccc(Cl)c(NC(C)=O)c3)n2)cc1. The Kier molecular flexibility index (Phi) is 5.42. The monoisotopic (exact) mass is 384 g/mol. The van der Waals surface area contributed by atoms with Crippen molar-refractivity contribution in [2.75, 3.05) is 17.7 Å². The van der Waals surface area contributed by atoms with Crippen LogP contribution in [0.5, 0.6) is 5.75 Å². The molecule has 2 aromatic carbocycles. The van der Waals surface area contributed by atoms with Crippen LogP contribution in [-0.2, 0) is 4.79 Å². The summed E-state index contributed by atoms with van der Waals surface area (Å²) >= 11 is 6.03. The number of halogens is 1. The van der Waals surface area contributed by atoms with E-state index in [1.807, 2.05) is 24.3 Å². The van der Waals surface area contributed by atoms with Gasteiger partial charge in [0.05, 0.1) is 23.5 Å². The van der Waals surface area contributed by atoms with Crippen LogP contribution in [0.25, 0.3) is 5.69 Å². The maximum Gasteiger partial charge on any atom is 0.276 e. The van der Waals surface area contributed by atoms with E-state index >= 15 is 0 Å². The molecule has 8 heteroatoms. The maximum atomic E-state index is 12.5. The summed E-state index contributed by atoms with van der Waals surface area (Å²) in [6.45, 7) is 1.38. The lowest BCUT2D eigenvalue weighted by Gasteiger charge is -2.09. The Labute approximate surface area is 160 Å². The molecule has 1 aromatic heterocycles. The third kappa shape index (κ3) is 4.45. The van der Waals surface area contributed by atoms with Gasteiger partial charge >= 0.3 is 0 Å². The second-order valence-electron chi connectivity index (χ2n) is 5.67. The topological polar surface area (TPSA) is 85.2 Å². The van der Waals surface area contributed by atoms with Crippen molar-refractivity contribution in [2.45, 2.75) is 6.92 Å². The number of aromatic nitrogens is 2. The van der Waals surface area contributed by atoms with Gasteiger partial charge in [0.2, 0.25) is 5.91 Å². The molecule has 0 aliphatic rings. The molecular weight excluding hydrogens is 368 g/mol. The van der Waals surface area contributed by atoms with Crippen molar-refractivity contribution >= 4 is 34.8 Å². The average molecular weight is 385 g/mol. The Morgan fingerprint density at radius 2 is 1.81 bits per heavy atom. The number of hydrogen-bond acceptors (Lipinski definition) is 4. The summed E-state index contributed by atoms with van der Waals surface area (Å²) in [6.07, 6.45) is 1.70. The number of anilines is 2. The van der Waals surface area contributed by atoms with Crippen LogP contribution in [0.4, 0.5) is 11.4 Å². The molecule has 0 bridgehead atoms. The number of nitrogens with zero attached hydrogens (tertiary/aromatic N) is 2. The Morgan fingerprint density at radius 1 is 1.07 bits per heavy atom. The smallest absolute Gasteiger partial charge is 0.276 e. The van der Waals surface area contributed by atoms with Crippen molar-refractivity contribution in [1.29, 1.82) is 0 Å². The fourth-order valence-electron chi connectivity index (χ4n) is 2.41. The molecule has 0 aliphatic carbocycles. The first kappa shape index (κ1) is 18.5. The summed E-state index contributed by atoms with van der Waals surface area (Å²) in [5, 5.41) is 10.0. The van der Waals surface area contributed by atoms with Crippen LogP contribution >= 0.6 is 11.6 Å². The van der Waals surface area contributed by atoms with E-state index in [1.165, 1.54) is 6.92 Å². The number of methoxy groups -OCH3 is 1. The minimum absolute atomic E-state index is 0.251. The van der Waals surface area contributed by atoms with Gasteiger partial charge in [-0.05, 0) is 48.5 Å². The number of carbonyl (C=O) groups excluding carboxylic acids is 2. The summed E-state index contributed by atoms with van der Waals surface area (Å²) in [6, 6.07) is 13.7. The van der Waals surface area contributed by atoms with Crippen molar-refractivity contribution in [2.24, 2.45) is 0 Å². The van der Waals surface area contributed by atoms with E-state index in [0.717, 1.165) is 11.4 Å². The van der Waals surface area contributed by atoms with Gasteiger partial charge in [0.15, 0.2) is 5.69 Å². The third-order valence-electron chi connectivity index (χ3n) is 3.69. The molecule has 0 saturated heterocycles. The van der Waals surface area contributed by atoms with Crippen LogP contribution in [-0.4, -0.2) is 28.7 Å². The number of rotatable bonds is 5. The third-order valence-corrected chi connectivity index (χ3v) is 4.02. The highest BCUT2D eigenvalue weighted by molar-refractivity contribution is 6.33. The highest BCUT2D eigenvalue weighted by Gasteiger charge is 2.12. The number of benzene rings is 2. The van der Waals surface area contributed by atoms with Gasteiger partial charge in [-0.25, -0.2) is 4.68 Å². The van der Waals surface area contributed by atoms with Crippen molar-refractivity contribution in [3.63, 3.8) is 0 Å². The van der Waals surface area contributed by atoms with Crippen molar-refractivity contribution in [3.8, 4) is 11.4 Å². The molecule has 7 nitrogen and oxygen atoms in total. The minimum atomic E-state index is -0.377. The molecular formula is C19H17ClN4O3. The molecule has 0 aliphatic heterocycles. The average Bonchev–Trinajstić information content (AvgIpc) is 3.14.